The molecule has 1 saturated carbocycles. The zero-order valence-corrected chi connectivity index (χ0v) is 11.8. The molecule has 1 aliphatic heterocycles. The lowest BCUT2D eigenvalue weighted by Crippen LogP contribution is -2.44. The van der Waals surface area contributed by atoms with Gasteiger partial charge in [0.2, 0.25) is 0 Å². The Morgan fingerprint density at radius 1 is 1.25 bits per heavy atom. The number of amides is 2. The first-order chi connectivity index (χ1) is 9.70. The van der Waals surface area contributed by atoms with E-state index in [1.165, 1.54) is 0 Å². The molecule has 3 rings (SSSR count). The van der Waals surface area contributed by atoms with E-state index in [1.807, 2.05) is 18.3 Å². The van der Waals surface area contributed by atoms with Crippen molar-refractivity contribution in [2.24, 2.45) is 0 Å². The number of carbonyl (C=O) groups is 1. The van der Waals surface area contributed by atoms with Crippen LogP contribution in [0, 0.1) is 0 Å². The smallest absolute Gasteiger partial charge is 0.320 e. The minimum Gasteiger partial charge on any atom is -0.368 e. The third kappa shape index (κ3) is 3.39. The second kappa shape index (κ2) is 5.66. The number of urea groups is 1. The van der Waals surface area contributed by atoms with Gasteiger partial charge in [0.15, 0.2) is 0 Å². The average Bonchev–Trinajstić information content (AvgIpc) is 3.24. The van der Waals surface area contributed by atoms with Crippen molar-refractivity contribution in [3.8, 4) is 0 Å². The molecule has 2 aliphatic rings. The van der Waals surface area contributed by atoms with Crippen LogP contribution in [-0.4, -0.2) is 55.2 Å². The molecule has 0 radical (unpaired) electrons. The molecular weight excluding hydrogens is 254 g/mol. The van der Waals surface area contributed by atoms with Crippen LogP contribution in [0.15, 0.2) is 18.3 Å². The van der Waals surface area contributed by atoms with Crippen molar-refractivity contribution in [3.05, 3.63) is 18.3 Å². The largest absolute Gasteiger partial charge is 0.368 e. The first kappa shape index (κ1) is 13.2. The van der Waals surface area contributed by atoms with Crippen molar-refractivity contribution in [2.45, 2.75) is 18.9 Å². The molecule has 0 atom stereocenters. The highest BCUT2D eigenvalue weighted by Gasteiger charge is 2.23. The van der Waals surface area contributed by atoms with E-state index in [9.17, 15) is 4.79 Å². The molecule has 2 N–H and O–H groups in total. The van der Waals surface area contributed by atoms with Crippen LogP contribution in [-0.2, 0) is 0 Å². The molecule has 0 unspecified atom stereocenters. The van der Waals surface area contributed by atoms with Crippen LogP contribution in [0.3, 0.4) is 0 Å². The molecule has 0 bridgehead atoms. The van der Waals surface area contributed by atoms with E-state index in [0.29, 0.717) is 11.9 Å². The molecule has 1 aromatic rings. The lowest BCUT2D eigenvalue weighted by atomic mass is 10.3. The molecular formula is C14H21N5O. The van der Waals surface area contributed by atoms with Crippen molar-refractivity contribution in [1.29, 1.82) is 0 Å². The molecule has 0 aromatic carbocycles. The van der Waals surface area contributed by atoms with Crippen LogP contribution < -0.4 is 15.5 Å². The Labute approximate surface area is 119 Å². The van der Waals surface area contributed by atoms with Crippen LogP contribution in [0.4, 0.5) is 16.3 Å². The van der Waals surface area contributed by atoms with Crippen molar-refractivity contribution < 1.29 is 4.79 Å². The molecule has 1 aromatic heterocycles. The third-order valence-electron chi connectivity index (χ3n) is 3.77. The molecule has 1 saturated heterocycles. The van der Waals surface area contributed by atoms with Gasteiger partial charge in [-0.25, -0.2) is 9.78 Å². The van der Waals surface area contributed by atoms with E-state index < -0.39 is 0 Å². The van der Waals surface area contributed by atoms with Crippen molar-refractivity contribution in [2.75, 3.05) is 43.4 Å². The minimum absolute atomic E-state index is 0.160. The number of pyridine rings is 1. The number of nitrogens with one attached hydrogen (secondary N) is 2. The second-order valence-electron chi connectivity index (χ2n) is 5.56. The number of hydrogen-bond donors (Lipinski definition) is 2. The number of aromatic nitrogens is 1. The van der Waals surface area contributed by atoms with Crippen molar-refractivity contribution in [1.82, 2.24) is 15.2 Å². The number of anilines is 2. The lowest BCUT2D eigenvalue weighted by molar-refractivity contribution is 0.251. The predicted molar refractivity (Wildman–Crippen MR) is 79.1 cm³/mol. The lowest BCUT2D eigenvalue weighted by Gasteiger charge is -2.33. The Bertz CT molecular complexity index is 463. The summed E-state index contributed by atoms with van der Waals surface area (Å²) in [6, 6.07) is 4.08. The van der Waals surface area contributed by atoms with E-state index in [-0.39, 0.29) is 6.03 Å². The summed E-state index contributed by atoms with van der Waals surface area (Å²) in [6.07, 6.45) is 4.00. The van der Waals surface area contributed by atoms with Gasteiger partial charge in [0, 0.05) is 32.2 Å². The van der Waals surface area contributed by atoms with Gasteiger partial charge >= 0.3 is 6.03 Å². The normalized spacial score (nSPS) is 19.8. The summed E-state index contributed by atoms with van der Waals surface area (Å²) in [6.45, 7) is 4.19. The summed E-state index contributed by atoms with van der Waals surface area (Å²) in [7, 11) is 2.14. The Morgan fingerprint density at radius 2 is 2.00 bits per heavy atom. The highest BCUT2D eigenvalue weighted by molar-refractivity contribution is 5.88. The molecule has 2 heterocycles. The Morgan fingerprint density at radius 3 is 2.60 bits per heavy atom. The third-order valence-corrected chi connectivity index (χ3v) is 3.77. The maximum Gasteiger partial charge on any atom is 0.320 e. The quantitative estimate of drug-likeness (QED) is 0.868. The Balaban J connectivity index is 1.55. The van der Waals surface area contributed by atoms with Crippen molar-refractivity contribution >= 4 is 17.5 Å². The fourth-order valence-corrected chi connectivity index (χ4v) is 2.28. The number of hydrogen-bond acceptors (Lipinski definition) is 4. The van der Waals surface area contributed by atoms with Gasteiger partial charge in [-0.1, -0.05) is 0 Å². The van der Waals surface area contributed by atoms with Gasteiger partial charge in [0.05, 0.1) is 11.9 Å². The van der Waals surface area contributed by atoms with Crippen molar-refractivity contribution in [3.63, 3.8) is 0 Å². The number of rotatable bonds is 3. The summed E-state index contributed by atoms with van der Waals surface area (Å²) in [5.41, 5.74) is 1.12. The summed E-state index contributed by atoms with van der Waals surface area (Å²) in [4.78, 5) is 20.6. The molecule has 2 fully saturated rings. The van der Waals surface area contributed by atoms with E-state index in [1.54, 1.807) is 0 Å². The first-order valence-corrected chi connectivity index (χ1v) is 7.18. The SMILES string of the molecule is CN1CCN(c2ccc(NC(=O)NC3CC3)nc2)CC1. The zero-order chi connectivity index (χ0) is 13.9. The van der Waals surface area contributed by atoms with Gasteiger partial charge in [0.25, 0.3) is 0 Å². The van der Waals surface area contributed by atoms with Crippen LogP contribution in [0.25, 0.3) is 0 Å². The van der Waals surface area contributed by atoms with Gasteiger partial charge in [-0.3, -0.25) is 5.32 Å². The minimum atomic E-state index is -0.160. The molecule has 1 aliphatic carbocycles. The summed E-state index contributed by atoms with van der Waals surface area (Å²) in [5, 5.41) is 5.64. The summed E-state index contributed by atoms with van der Waals surface area (Å²) in [5.74, 6) is 0.598. The monoisotopic (exact) mass is 275 g/mol. The Kier molecular flexibility index (Phi) is 3.73. The highest BCUT2D eigenvalue weighted by atomic mass is 16.2. The average molecular weight is 275 g/mol. The Hall–Kier alpha value is -1.82. The van der Waals surface area contributed by atoms with E-state index in [0.717, 1.165) is 44.7 Å². The molecule has 20 heavy (non-hydrogen) atoms. The predicted octanol–water partition coefficient (Wildman–Crippen LogP) is 1.12. The molecule has 0 spiro atoms. The fraction of sp³-hybridized carbons (Fsp3) is 0.571. The molecule has 6 nitrogen and oxygen atoms in total. The summed E-state index contributed by atoms with van der Waals surface area (Å²) >= 11 is 0. The van der Waals surface area contributed by atoms with E-state index in [2.05, 4.69) is 32.5 Å². The highest BCUT2D eigenvalue weighted by Crippen LogP contribution is 2.19. The van der Waals surface area contributed by atoms with Crippen LogP contribution in [0.2, 0.25) is 0 Å². The number of nitrogens with zero attached hydrogens (tertiary/aromatic N) is 3. The molecule has 6 heteroatoms. The standard InChI is InChI=1S/C14H21N5O/c1-18-6-8-19(9-7-18)12-4-5-13(15-10-12)17-14(20)16-11-2-3-11/h4-5,10-11H,2-3,6-9H2,1H3,(H2,15,16,17,20). The topological polar surface area (TPSA) is 60.5 Å². The maximum atomic E-state index is 11.6. The van der Waals surface area contributed by atoms with Gasteiger partial charge < -0.3 is 15.1 Å². The van der Waals surface area contributed by atoms with E-state index in [4.69, 9.17) is 0 Å². The van der Waals surface area contributed by atoms with Crippen LogP contribution >= 0.6 is 0 Å². The van der Waals surface area contributed by atoms with Gasteiger partial charge in [-0.2, -0.15) is 0 Å². The van der Waals surface area contributed by atoms with Crippen LogP contribution in [0.1, 0.15) is 12.8 Å². The number of piperazine rings is 1. The summed E-state index contributed by atoms with van der Waals surface area (Å²) < 4.78 is 0. The maximum absolute atomic E-state index is 11.6. The fourth-order valence-electron chi connectivity index (χ4n) is 2.28. The second-order valence-corrected chi connectivity index (χ2v) is 5.56. The number of carbonyl (C=O) groups excluding carboxylic acids is 1. The van der Waals surface area contributed by atoms with Gasteiger partial charge in [-0.15, -0.1) is 0 Å². The van der Waals surface area contributed by atoms with Gasteiger partial charge in [-0.05, 0) is 32.0 Å². The van der Waals surface area contributed by atoms with Gasteiger partial charge in [0.1, 0.15) is 5.82 Å². The first-order valence-electron chi connectivity index (χ1n) is 7.18. The molecule has 108 valence electrons. The van der Waals surface area contributed by atoms with E-state index >= 15 is 0 Å². The molecule has 2 amide bonds. The number of likely N-dealkylation sites (N-methyl/N-ethyl adjacent to an activating group) is 1. The van der Waals surface area contributed by atoms with Crippen LogP contribution in [0.5, 0.6) is 0 Å². The zero-order valence-electron chi connectivity index (χ0n) is 11.8.